The molecular weight excluding hydrogens is 583 g/mol. The Kier molecular flexibility index (Phi) is 7.83. The molecule has 1 aliphatic rings. The van der Waals surface area contributed by atoms with Crippen molar-refractivity contribution in [3.8, 4) is 17.1 Å². The van der Waals surface area contributed by atoms with Crippen LogP contribution in [-0.2, 0) is 17.9 Å². The van der Waals surface area contributed by atoms with E-state index in [1.807, 2.05) is 0 Å². The molecule has 0 aliphatic carbocycles. The molecule has 220 valence electrons. The molecule has 1 aromatic carbocycles. The van der Waals surface area contributed by atoms with Crippen LogP contribution in [0.1, 0.15) is 29.2 Å². The fourth-order valence-corrected chi connectivity index (χ4v) is 4.73. The van der Waals surface area contributed by atoms with E-state index in [1.165, 1.54) is 46.4 Å². The number of hydrogen-bond donors (Lipinski definition) is 2. The fraction of sp³-hybridized carbons (Fsp3) is 0.320. The summed E-state index contributed by atoms with van der Waals surface area (Å²) in [4.78, 5) is 47.9. The SMILES string of the molecule is NC(=O)C1CCCN1C(=O)c1ncccc1-n1cnc(Cn2nc(-c3ccc(Cl)cc3)n(C[C@@H](O)C(F)(F)F)c2=O)n1. The summed E-state index contributed by atoms with van der Waals surface area (Å²) < 4.78 is 42.2. The monoisotopic (exact) mass is 605 g/mol. The first kappa shape index (κ1) is 28.9. The number of rotatable bonds is 8. The van der Waals surface area contributed by atoms with E-state index in [0.717, 1.165) is 4.68 Å². The van der Waals surface area contributed by atoms with Gasteiger partial charge in [0.15, 0.2) is 23.4 Å². The number of amides is 2. The van der Waals surface area contributed by atoms with Crippen LogP contribution in [0.4, 0.5) is 13.2 Å². The lowest BCUT2D eigenvalue weighted by Crippen LogP contribution is -2.44. The summed E-state index contributed by atoms with van der Waals surface area (Å²) >= 11 is 5.92. The quantitative estimate of drug-likeness (QED) is 0.304. The van der Waals surface area contributed by atoms with Gasteiger partial charge in [0.2, 0.25) is 5.91 Å². The summed E-state index contributed by atoms with van der Waals surface area (Å²) in [7, 11) is 0. The van der Waals surface area contributed by atoms with Crippen LogP contribution < -0.4 is 11.4 Å². The van der Waals surface area contributed by atoms with Crippen molar-refractivity contribution in [2.45, 2.75) is 44.3 Å². The van der Waals surface area contributed by atoms with E-state index in [9.17, 15) is 32.7 Å². The Morgan fingerprint density at radius 2 is 1.88 bits per heavy atom. The molecule has 4 aromatic rings. The minimum absolute atomic E-state index is 0.00490. The van der Waals surface area contributed by atoms with Gasteiger partial charge in [0.25, 0.3) is 5.91 Å². The highest BCUT2D eigenvalue weighted by atomic mass is 35.5. The number of halogens is 4. The maximum Gasteiger partial charge on any atom is 0.416 e. The number of carbonyl (C=O) groups is 2. The van der Waals surface area contributed by atoms with Gasteiger partial charge in [-0.2, -0.15) is 13.2 Å². The van der Waals surface area contributed by atoms with Crippen LogP contribution in [0.2, 0.25) is 5.02 Å². The van der Waals surface area contributed by atoms with Crippen molar-refractivity contribution >= 4 is 23.4 Å². The number of primary amides is 1. The van der Waals surface area contributed by atoms with Crippen LogP contribution in [0.15, 0.2) is 53.7 Å². The predicted octanol–water partition coefficient (Wildman–Crippen LogP) is 1.40. The van der Waals surface area contributed by atoms with Gasteiger partial charge in [0.05, 0.1) is 12.2 Å². The largest absolute Gasteiger partial charge is 0.416 e. The van der Waals surface area contributed by atoms with E-state index in [0.29, 0.717) is 29.0 Å². The van der Waals surface area contributed by atoms with Gasteiger partial charge < -0.3 is 15.7 Å². The smallest absolute Gasteiger partial charge is 0.382 e. The van der Waals surface area contributed by atoms with Gasteiger partial charge in [-0.15, -0.1) is 10.2 Å². The Hall–Kier alpha value is -4.57. The fourth-order valence-electron chi connectivity index (χ4n) is 4.61. The highest BCUT2D eigenvalue weighted by Crippen LogP contribution is 2.25. The topological polar surface area (TPSA) is 167 Å². The molecule has 17 heteroatoms. The summed E-state index contributed by atoms with van der Waals surface area (Å²) in [6.45, 7) is -1.11. The van der Waals surface area contributed by atoms with Crippen molar-refractivity contribution in [2.24, 2.45) is 5.73 Å². The molecule has 5 rings (SSSR count). The van der Waals surface area contributed by atoms with Crippen LogP contribution >= 0.6 is 11.6 Å². The third-order valence-corrected chi connectivity index (χ3v) is 6.92. The second-order valence-corrected chi connectivity index (χ2v) is 9.91. The Morgan fingerprint density at radius 1 is 1.14 bits per heavy atom. The van der Waals surface area contributed by atoms with Gasteiger partial charge in [-0.25, -0.2) is 24.1 Å². The second kappa shape index (κ2) is 11.4. The number of aromatic nitrogens is 7. The Bertz CT molecular complexity index is 1680. The normalized spacial score (nSPS) is 16.1. The molecule has 2 atom stereocenters. The van der Waals surface area contributed by atoms with Gasteiger partial charge in [-0.1, -0.05) is 11.6 Å². The average molecular weight is 606 g/mol. The summed E-state index contributed by atoms with van der Waals surface area (Å²) in [6.07, 6.45) is -4.06. The lowest BCUT2D eigenvalue weighted by atomic mass is 10.2. The first-order valence-electron chi connectivity index (χ1n) is 12.6. The van der Waals surface area contributed by atoms with E-state index >= 15 is 0 Å². The Labute approximate surface area is 240 Å². The second-order valence-electron chi connectivity index (χ2n) is 9.47. The molecule has 42 heavy (non-hydrogen) atoms. The molecular formula is C25H23ClF3N9O4. The standard InChI is InChI=1S/C25H23ClF3N9O4/c26-15-7-5-14(6-8-15)22-34-37(24(42)36(22)11-18(39)25(27,28)29)12-19-32-13-38(33-19)16-3-1-9-31-20(16)23(41)35-10-2-4-17(35)21(30)40/h1,3,5-9,13,17-18,39H,2,4,10-12H2,(H2,30,40)/t17?,18-/m1/s1. The summed E-state index contributed by atoms with van der Waals surface area (Å²) in [5.41, 5.74) is 5.04. The molecule has 1 aliphatic heterocycles. The van der Waals surface area contributed by atoms with Crippen molar-refractivity contribution in [3.05, 3.63) is 75.9 Å². The zero-order valence-electron chi connectivity index (χ0n) is 21.6. The van der Waals surface area contributed by atoms with Crippen LogP contribution in [0.5, 0.6) is 0 Å². The zero-order valence-corrected chi connectivity index (χ0v) is 22.4. The highest BCUT2D eigenvalue weighted by Gasteiger charge is 2.39. The van der Waals surface area contributed by atoms with Gasteiger partial charge in [0.1, 0.15) is 18.9 Å². The molecule has 0 spiro atoms. The summed E-state index contributed by atoms with van der Waals surface area (Å²) in [5, 5.41) is 18.5. The molecule has 1 fully saturated rings. The molecule has 1 saturated heterocycles. The number of alkyl halides is 3. The Balaban J connectivity index is 1.46. The van der Waals surface area contributed by atoms with Gasteiger partial charge >= 0.3 is 11.9 Å². The molecule has 0 bridgehead atoms. The van der Waals surface area contributed by atoms with Crippen LogP contribution in [0.3, 0.4) is 0 Å². The molecule has 0 radical (unpaired) electrons. The molecule has 0 saturated carbocycles. The first-order valence-corrected chi connectivity index (χ1v) is 13.0. The molecule has 3 aromatic heterocycles. The number of nitrogens with two attached hydrogens (primary N) is 1. The lowest BCUT2D eigenvalue weighted by molar-refractivity contribution is -0.207. The summed E-state index contributed by atoms with van der Waals surface area (Å²) in [6, 6.07) is 8.28. The molecule has 4 heterocycles. The van der Waals surface area contributed by atoms with E-state index < -0.39 is 42.4 Å². The number of likely N-dealkylation sites (tertiary alicyclic amines) is 1. The molecule has 1 unspecified atom stereocenters. The van der Waals surface area contributed by atoms with Crippen molar-refractivity contribution in [1.29, 1.82) is 0 Å². The highest BCUT2D eigenvalue weighted by molar-refractivity contribution is 6.30. The van der Waals surface area contributed by atoms with Gasteiger partial charge in [-0.3, -0.25) is 14.2 Å². The third-order valence-electron chi connectivity index (χ3n) is 6.67. The number of nitrogens with zero attached hydrogens (tertiary/aromatic N) is 8. The van der Waals surface area contributed by atoms with Crippen LogP contribution in [0, 0.1) is 0 Å². The first-order chi connectivity index (χ1) is 19.9. The van der Waals surface area contributed by atoms with E-state index in [4.69, 9.17) is 17.3 Å². The number of aliphatic hydroxyl groups excluding tert-OH is 1. The number of benzene rings is 1. The van der Waals surface area contributed by atoms with E-state index in [2.05, 4.69) is 20.2 Å². The lowest BCUT2D eigenvalue weighted by Gasteiger charge is -2.22. The molecule has 3 N–H and O–H groups in total. The van der Waals surface area contributed by atoms with Gasteiger partial charge in [0, 0.05) is 23.3 Å². The average Bonchev–Trinajstić information content (AvgIpc) is 3.69. The number of aliphatic hydroxyl groups is 1. The number of hydrogen-bond acceptors (Lipinski definition) is 8. The number of carbonyl (C=O) groups excluding carboxylic acids is 2. The van der Waals surface area contributed by atoms with E-state index in [-0.39, 0.29) is 35.1 Å². The van der Waals surface area contributed by atoms with Crippen molar-refractivity contribution in [3.63, 3.8) is 0 Å². The molecule has 2 amide bonds. The van der Waals surface area contributed by atoms with E-state index in [1.54, 1.807) is 12.1 Å². The zero-order chi connectivity index (χ0) is 30.2. The van der Waals surface area contributed by atoms with Crippen LogP contribution in [-0.4, -0.2) is 80.8 Å². The minimum Gasteiger partial charge on any atom is -0.382 e. The van der Waals surface area contributed by atoms with Gasteiger partial charge in [-0.05, 0) is 49.2 Å². The maximum atomic E-state index is 13.3. The van der Waals surface area contributed by atoms with Crippen LogP contribution in [0.25, 0.3) is 17.1 Å². The van der Waals surface area contributed by atoms with Crippen molar-refractivity contribution < 1.29 is 27.9 Å². The van der Waals surface area contributed by atoms with Crippen molar-refractivity contribution in [2.75, 3.05) is 6.54 Å². The predicted molar refractivity (Wildman–Crippen MR) is 141 cm³/mol. The molecule has 13 nitrogen and oxygen atoms in total. The number of pyridine rings is 1. The summed E-state index contributed by atoms with van der Waals surface area (Å²) in [5.74, 6) is -1.23. The third kappa shape index (κ3) is 5.75. The van der Waals surface area contributed by atoms with Crippen molar-refractivity contribution in [1.82, 2.24) is 39.0 Å². The minimum atomic E-state index is -4.97. The Morgan fingerprint density at radius 3 is 2.57 bits per heavy atom. The maximum absolute atomic E-state index is 13.3.